The summed E-state index contributed by atoms with van der Waals surface area (Å²) in [6, 6.07) is 8.63. The highest BCUT2D eigenvalue weighted by Crippen LogP contribution is 2.40. The maximum Gasteiger partial charge on any atom is 0.407 e. The molecule has 1 N–H and O–H groups in total. The fourth-order valence-electron chi connectivity index (χ4n) is 3.57. The molecule has 1 amide bonds. The number of fused-ring (bicyclic) bond motifs is 1. The molecule has 172 valence electrons. The summed E-state index contributed by atoms with van der Waals surface area (Å²) in [6.45, 7) is 9.01. The van der Waals surface area contributed by atoms with Gasteiger partial charge >= 0.3 is 12.1 Å². The van der Waals surface area contributed by atoms with E-state index in [0.29, 0.717) is 5.56 Å². The molecule has 2 heterocycles. The minimum Gasteiger partial charge on any atom is -0.444 e. The maximum atomic E-state index is 12.5. The lowest BCUT2D eigenvalue weighted by atomic mass is 10.1. The van der Waals surface area contributed by atoms with Gasteiger partial charge in [-0.2, -0.15) is 0 Å². The Kier molecular flexibility index (Phi) is 6.90. The van der Waals surface area contributed by atoms with E-state index in [1.807, 2.05) is 6.07 Å². The number of amides is 1. The average molecular weight is 437 g/mol. The molecule has 0 radical (unpaired) electrons. The van der Waals surface area contributed by atoms with Crippen molar-refractivity contribution in [1.82, 2.24) is 5.32 Å². The van der Waals surface area contributed by atoms with Gasteiger partial charge in [-0.15, -0.1) is 0 Å². The van der Waals surface area contributed by atoms with Crippen LogP contribution in [0, 0.1) is 0 Å². The van der Waals surface area contributed by atoms with Crippen molar-refractivity contribution in [3.05, 3.63) is 35.9 Å². The lowest BCUT2D eigenvalue weighted by Crippen LogP contribution is -2.47. The summed E-state index contributed by atoms with van der Waals surface area (Å²) in [6.07, 6.45) is -3.96. The number of methoxy groups -OCH3 is 1. The van der Waals surface area contributed by atoms with Crippen LogP contribution in [-0.4, -0.2) is 67.8 Å². The first-order valence-electron chi connectivity index (χ1n) is 10.3. The van der Waals surface area contributed by atoms with Gasteiger partial charge in [0.1, 0.15) is 23.9 Å². The van der Waals surface area contributed by atoms with Crippen LogP contribution in [0.1, 0.15) is 45.0 Å². The van der Waals surface area contributed by atoms with Crippen LogP contribution in [0.5, 0.6) is 0 Å². The predicted molar refractivity (Wildman–Crippen MR) is 109 cm³/mol. The first-order valence-corrected chi connectivity index (χ1v) is 10.3. The number of benzene rings is 1. The molecule has 2 saturated heterocycles. The van der Waals surface area contributed by atoms with Crippen LogP contribution in [0.25, 0.3) is 0 Å². The fraction of sp³-hybridized carbons (Fsp3) is 0.636. The third-order valence-corrected chi connectivity index (χ3v) is 4.80. The highest BCUT2D eigenvalue weighted by Gasteiger charge is 2.58. The molecule has 31 heavy (non-hydrogen) atoms. The van der Waals surface area contributed by atoms with E-state index in [2.05, 4.69) is 5.32 Å². The van der Waals surface area contributed by atoms with Crippen LogP contribution >= 0.6 is 0 Å². The monoisotopic (exact) mass is 437 g/mol. The van der Waals surface area contributed by atoms with Crippen LogP contribution in [0.3, 0.4) is 0 Å². The first kappa shape index (κ1) is 23.5. The number of ether oxygens (including phenoxy) is 6. The van der Waals surface area contributed by atoms with Crippen LogP contribution < -0.4 is 5.32 Å². The molecule has 0 spiro atoms. The molecule has 5 atom stereocenters. The highest BCUT2D eigenvalue weighted by molar-refractivity contribution is 5.89. The van der Waals surface area contributed by atoms with Crippen LogP contribution in [-0.2, 0) is 28.4 Å². The Labute approximate surface area is 182 Å². The minimum atomic E-state index is -0.983. The molecule has 1 aromatic rings. The maximum absolute atomic E-state index is 12.5. The van der Waals surface area contributed by atoms with Gasteiger partial charge in [0.2, 0.25) is 6.29 Å². The van der Waals surface area contributed by atoms with Gasteiger partial charge in [0, 0.05) is 13.7 Å². The van der Waals surface area contributed by atoms with E-state index in [1.165, 1.54) is 7.11 Å². The SMILES string of the molecule is CO[C@H](CNC(=O)OC(C)(C)C)[C@H]1O[C@H](OC(=O)c2ccccc2)[C@H]2OC(C)(C)O[C@H]21. The summed E-state index contributed by atoms with van der Waals surface area (Å²) in [5, 5.41) is 2.68. The molecule has 9 nitrogen and oxygen atoms in total. The Morgan fingerprint density at radius 3 is 2.39 bits per heavy atom. The summed E-state index contributed by atoms with van der Waals surface area (Å²) in [4.78, 5) is 24.6. The average Bonchev–Trinajstić information content (AvgIpc) is 3.15. The summed E-state index contributed by atoms with van der Waals surface area (Å²) < 4.78 is 34.4. The van der Waals surface area contributed by atoms with Gasteiger partial charge in [-0.3, -0.25) is 0 Å². The van der Waals surface area contributed by atoms with E-state index in [1.54, 1.807) is 58.9 Å². The lowest BCUT2D eigenvalue weighted by molar-refractivity contribution is -0.231. The van der Waals surface area contributed by atoms with Gasteiger partial charge < -0.3 is 33.7 Å². The number of hydrogen-bond donors (Lipinski definition) is 1. The smallest absolute Gasteiger partial charge is 0.407 e. The number of rotatable bonds is 6. The highest BCUT2D eigenvalue weighted by atomic mass is 16.8. The van der Waals surface area contributed by atoms with Crippen molar-refractivity contribution in [2.24, 2.45) is 0 Å². The molecule has 9 heteroatoms. The van der Waals surface area contributed by atoms with Crippen molar-refractivity contribution in [3.63, 3.8) is 0 Å². The molecule has 0 saturated carbocycles. The number of carbonyl (C=O) groups excluding carboxylic acids is 2. The summed E-state index contributed by atoms with van der Waals surface area (Å²) in [5.41, 5.74) is -0.218. The number of alkyl carbamates (subject to hydrolysis) is 1. The van der Waals surface area contributed by atoms with Gasteiger partial charge in [-0.25, -0.2) is 9.59 Å². The second-order valence-electron chi connectivity index (χ2n) is 8.96. The second-order valence-corrected chi connectivity index (χ2v) is 8.96. The van der Waals surface area contributed by atoms with E-state index in [4.69, 9.17) is 28.4 Å². The third kappa shape index (κ3) is 5.94. The van der Waals surface area contributed by atoms with Gasteiger partial charge in [0.25, 0.3) is 0 Å². The fourth-order valence-corrected chi connectivity index (χ4v) is 3.57. The molecule has 3 rings (SSSR count). The molecule has 2 aliphatic rings. The van der Waals surface area contributed by atoms with Crippen molar-refractivity contribution in [2.75, 3.05) is 13.7 Å². The Bertz CT molecular complexity index is 775. The molecule has 0 bridgehead atoms. The van der Waals surface area contributed by atoms with Crippen molar-refractivity contribution in [1.29, 1.82) is 0 Å². The van der Waals surface area contributed by atoms with E-state index >= 15 is 0 Å². The van der Waals surface area contributed by atoms with Gasteiger partial charge in [0.05, 0.1) is 5.56 Å². The number of esters is 1. The third-order valence-electron chi connectivity index (χ3n) is 4.80. The molecule has 0 aliphatic carbocycles. The number of carbonyl (C=O) groups is 2. The number of nitrogens with one attached hydrogen (secondary N) is 1. The topological polar surface area (TPSA) is 102 Å². The largest absolute Gasteiger partial charge is 0.444 e. The van der Waals surface area contributed by atoms with Crippen LogP contribution in [0.15, 0.2) is 30.3 Å². The van der Waals surface area contributed by atoms with Gasteiger partial charge in [0.15, 0.2) is 11.9 Å². The lowest BCUT2D eigenvalue weighted by Gasteiger charge is -2.28. The van der Waals surface area contributed by atoms with E-state index in [0.717, 1.165) is 0 Å². The zero-order chi connectivity index (χ0) is 22.8. The second kappa shape index (κ2) is 9.12. The van der Waals surface area contributed by atoms with E-state index in [9.17, 15) is 9.59 Å². The Balaban J connectivity index is 1.69. The van der Waals surface area contributed by atoms with E-state index < -0.39 is 54.2 Å². The molecular formula is C22H31NO8. The van der Waals surface area contributed by atoms with Crippen LogP contribution in [0.2, 0.25) is 0 Å². The summed E-state index contributed by atoms with van der Waals surface area (Å²) in [7, 11) is 1.50. The molecule has 1 aromatic carbocycles. The molecule has 2 fully saturated rings. The van der Waals surface area contributed by atoms with Crippen LogP contribution in [0.4, 0.5) is 4.79 Å². The van der Waals surface area contributed by atoms with Gasteiger partial charge in [-0.1, -0.05) is 18.2 Å². The van der Waals surface area contributed by atoms with Gasteiger partial charge in [-0.05, 0) is 46.8 Å². The zero-order valence-corrected chi connectivity index (χ0v) is 18.7. The van der Waals surface area contributed by atoms with Crippen molar-refractivity contribution in [2.45, 2.75) is 76.7 Å². The normalized spacial score (nSPS) is 27.9. The minimum absolute atomic E-state index is 0.114. The first-order chi connectivity index (χ1) is 14.5. The predicted octanol–water partition coefficient (Wildman–Crippen LogP) is 2.63. The Morgan fingerprint density at radius 1 is 1.13 bits per heavy atom. The Morgan fingerprint density at radius 2 is 1.77 bits per heavy atom. The molecule has 2 aliphatic heterocycles. The molecular weight excluding hydrogens is 406 g/mol. The number of hydrogen-bond acceptors (Lipinski definition) is 8. The standard InChI is InChI=1S/C22H31NO8/c1-21(2,3)31-20(25)23-12-14(26-6)15-16-17(30-22(4,5)29-16)19(27-15)28-18(24)13-10-8-7-9-11-13/h7-11,14-17,19H,12H2,1-6H3,(H,23,25)/t14-,15-,16+,17+,19-/m1/s1. The zero-order valence-electron chi connectivity index (χ0n) is 18.7. The molecule has 0 unspecified atom stereocenters. The van der Waals surface area contributed by atoms with Crippen molar-refractivity contribution >= 4 is 12.1 Å². The van der Waals surface area contributed by atoms with Crippen molar-refractivity contribution < 1.29 is 38.0 Å². The quantitative estimate of drug-likeness (QED) is 0.678. The summed E-state index contributed by atoms with van der Waals surface area (Å²) >= 11 is 0. The Hall–Kier alpha value is -2.20. The summed E-state index contributed by atoms with van der Waals surface area (Å²) in [5.74, 6) is -1.41. The van der Waals surface area contributed by atoms with E-state index in [-0.39, 0.29) is 6.54 Å². The molecule has 0 aromatic heterocycles. The van der Waals surface area contributed by atoms with Crippen molar-refractivity contribution in [3.8, 4) is 0 Å².